The standard InChI is InChI=1S/C14H12BrN5/c15-14-7-6-11(8-17-14)16-9-12-10-18-20(19-12)13-4-2-1-3-5-13/h1-8,10,16H,9H2. The zero-order valence-electron chi connectivity index (χ0n) is 10.6. The van der Waals surface area contributed by atoms with Crippen LogP contribution in [0, 0.1) is 0 Å². The lowest BCUT2D eigenvalue weighted by molar-refractivity contribution is 0.740. The topological polar surface area (TPSA) is 55.6 Å². The first-order valence-electron chi connectivity index (χ1n) is 6.13. The van der Waals surface area contributed by atoms with Crippen molar-refractivity contribution in [3.8, 4) is 5.69 Å². The largest absolute Gasteiger partial charge is 0.378 e. The molecule has 0 atom stereocenters. The van der Waals surface area contributed by atoms with Gasteiger partial charge >= 0.3 is 0 Å². The second-order valence-corrected chi connectivity index (χ2v) is 5.00. The molecule has 20 heavy (non-hydrogen) atoms. The van der Waals surface area contributed by atoms with E-state index >= 15 is 0 Å². The molecule has 1 N–H and O–H groups in total. The van der Waals surface area contributed by atoms with Crippen molar-refractivity contribution in [1.29, 1.82) is 0 Å². The van der Waals surface area contributed by atoms with Crippen molar-refractivity contribution >= 4 is 21.6 Å². The van der Waals surface area contributed by atoms with E-state index < -0.39 is 0 Å². The monoisotopic (exact) mass is 329 g/mol. The van der Waals surface area contributed by atoms with Crippen LogP contribution in [-0.2, 0) is 6.54 Å². The first-order valence-corrected chi connectivity index (χ1v) is 6.93. The van der Waals surface area contributed by atoms with E-state index in [1.807, 2.05) is 42.5 Å². The van der Waals surface area contributed by atoms with Crippen molar-refractivity contribution in [1.82, 2.24) is 20.0 Å². The zero-order valence-corrected chi connectivity index (χ0v) is 12.2. The average Bonchev–Trinajstić information content (AvgIpc) is 2.97. The molecule has 5 nitrogen and oxygen atoms in total. The van der Waals surface area contributed by atoms with Crippen molar-refractivity contribution < 1.29 is 0 Å². The first-order chi connectivity index (χ1) is 9.81. The molecule has 0 aliphatic carbocycles. The van der Waals surface area contributed by atoms with Crippen molar-refractivity contribution in [3.05, 3.63) is 65.2 Å². The Morgan fingerprint density at radius 2 is 1.90 bits per heavy atom. The summed E-state index contributed by atoms with van der Waals surface area (Å²) in [6, 6.07) is 13.7. The Kier molecular flexibility index (Phi) is 3.73. The number of anilines is 1. The Balaban J connectivity index is 1.67. The number of pyridine rings is 1. The number of nitrogens with zero attached hydrogens (tertiary/aromatic N) is 4. The molecule has 0 aliphatic rings. The van der Waals surface area contributed by atoms with Gasteiger partial charge in [-0.3, -0.25) is 0 Å². The van der Waals surface area contributed by atoms with E-state index in [9.17, 15) is 0 Å². The summed E-state index contributed by atoms with van der Waals surface area (Å²) in [4.78, 5) is 5.78. The van der Waals surface area contributed by atoms with Crippen LogP contribution in [0.4, 0.5) is 5.69 Å². The van der Waals surface area contributed by atoms with Crippen LogP contribution >= 0.6 is 15.9 Å². The number of hydrogen-bond donors (Lipinski definition) is 1. The summed E-state index contributed by atoms with van der Waals surface area (Å²) in [7, 11) is 0. The van der Waals surface area contributed by atoms with Gasteiger partial charge < -0.3 is 5.32 Å². The van der Waals surface area contributed by atoms with Crippen LogP contribution in [0.15, 0.2) is 59.5 Å². The molecule has 0 saturated carbocycles. The van der Waals surface area contributed by atoms with Gasteiger partial charge in [0, 0.05) is 0 Å². The van der Waals surface area contributed by atoms with Gasteiger partial charge in [-0.25, -0.2) is 4.98 Å². The highest BCUT2D eigenvalue weighted by Crippen LogP contribution is 2.11. The number of nitrogens with one attached hydrogen (secondary N) is 1. The predicted molar refractivity (Wildman–Crippen MR) is 80.6 cm³/mol. The number of aromatic nitrogens is 4. The molecule has 100 valence electrons. The second kappa shape index (κ2) is 5.83. The Morgan fingerprint density at radius 3 is 2.65 bits per heavy atom. The SMILES string of the molecule is Brc1ccc(NCc2cnn(-c3ccccc3)n2)cn1. The van der Waals surface area contributed by atoms with Gasteiger partial charge in [0.25, 0.3) is 0 Å². The quantitative estimate of drug-likeness (QED) is 0.747. The number of halogens is 1. The summed E-state index contributed by atoms with van der Waals surface area (Å²) in [5.74, 6) is 0. The zero-order chi connectivity index (χ0) is 13.8. The molecule has 3 rings (SSSR count). The molecule has 0 aliphatic heterocycles. The van der Waals surface area contributed by atoms with Crippen LogP contribution in [0.5, 0.6) is 0 Å². The summed E-state index contributed by atoms with van der Waals surface area (Å²) < 4.78 is 0.818. The highest BCUT2D eigenvalue weighted by molar-refractivity contribution is 9.10. The molecular formula is C14H12BrN5. The van der Waals surface area contributed by atoms with E-state index in [0.717, 1.165) is 21.7 Å². The lowest BCUT2D eigenvalue weighted by Gasteiger charge is -2.03. The van der Waals surface area contributed by atoms with Crippen molar-refractivity contribution in [2.75, 3.05) is 5.32 Å². The normalized spacial score (nSPS) is 10.4. The molecule has 2 aromatic heterocycles. The van der Waals surface area contributed by atoms with Gasteiger partial charge in [0.15, 0.2) is 0 Å². The minimum absolute atomic E-state index is 0.607. The van der Waals surface area contributed by atoms with E-state index in [4.69, 9.17) is 0 Å². The van der Waals surface area contributed by atoms with Crippen LogP contribution < -0.4 is 5.32 Å². The fraction of sp³-hybridized carbons (Fsp3) is 0.0714. The lowest BCUT2D eigenvalue weighted by Crippen LogP contribution is -2.02. The number of para-hydroxylation sites is 1. The Hall–Kier alpha value is -2.21. The molecule has 0 amide bonds. The summed E-state index contributed by atoms with van der Waals surface area (Å²) in [5, 5.41) is 11.9. The summed E-state index contributed by atoms with van der Waals surface area (Å²) in [6.07, 6.45) is 3.53. The van der Waals surface area contributed by atoms with Crippen LogP contribution in [-0.4, -0.2) is 20.0 Å². The van der Waals surface area contributed by atoms with Gasteiger partial charge in [0.2, 0.25) is 0 Å². The Labute approximate surface area is 124 Å². The van der Waals surface area contributed by atoms with Gasteiger partial charge in [0.1, 0.15) is 10.3 Å². The first kappa shape index (κ1) is 12.8. The minimum atomic E-state index is 0.607. The van der Waals surface area contributed by atoms with Crippen molar-refractivity contribution in [2.45, 2.75) is 6.54 Å². The van der Waals surface area contributed by atoms with Gasteiger partial charge in [-0.1, -0.05) is 18.2 Å². The van der Waals surface area contributed by atoms with Gasteiger partial charge in [-0.15, -0.1) is 0 Å². The van der Waals surface area contributed by atoms with Crippen molar-refractivity contribution in [2.24, 2.45) is 0 Å². The molecular weight excluding hydrogens is 318 g/mol. The third-order valence-electron chi connectivity index (χ3n) is 2.73. The molecule has 0 spiro atoms. The molecule has 0 unspecified atom stereocenters. The molecule has 0 bridgehead atoms. The predicted octanol–water partition coefficient (Wildman–Crippen LogP) is 3.04. The molecule has 0 fully saturated rings. The average molecular weight is 330 g/mol. The third kappa shape index (κ3) is 3.03. The third-order valence-corrected chi connectivity index (χ3v) is 3.20. The number of hydrogen-bond acceptors (Lipinski definition) is 4. The molecule has 3 aromatic rings. The van der Waals surface area contributed by atoms with E-state index in [-0.39, 0.29) is 0 Å². The molecule has 0 saturated heterocycles. The number of rotatable bonds is 4. The summed E-state index contributed by atoms with van der Waals surface area (Å²) in [6.45, 7) is 0.607. The fourth-order valence-corrected chi connectivity index (χ4v) is 1.97. The van der Waals surface area contributed by atoms with Gasteiger partial charge in [0.05, 0.1) is 30.3 Å². The maximum atomic E-state index is 4.43. The Morgan fingerprint density at radius 1 is 1.05 bits per heavy atom. The highest BCUT2D eigenvalue weighted by Gasteiger charge is 2.02. The molecule has 2 heterocycles. The minimum Gasteiger partial charge on any atom is -0.378 e. The molecule has 6 heteroatoms. The van der Waals surface area contributed by atoms with E-state index in [1.54, 1.807) is 17.2 Å². The van der Waals surface area contributed by atoms with Crippen LogP contribution in [0.1, 0.15) is 5.69 Å². The molecule has 0 radical (unpaired) electrons. The fourth-order valence-electron chi connectivity index (χ4n) is 1.73. The van der Waals surface area contributed by atoms with E-state index in [1.165, 1.54) is 0 Å². The van der Waals surface area contributed by atoms with Gasteiger partial charge in [-0.2, -0.15) is 15.0 Å². The smallest absolute Gasteiger partial charge is 0.106 e. The lowest BCUT2D eigenvalue weighted by atomic mass is 10.3. The molecule has 1 aromatic carbocycles. The van der Waals surface area contributed by atoms with E-state index in [0.29, 0.717) is 6.54 Å². The maximum Gasteiger partial charge on any atom is 0.106 e. The summed E-state index contributed by atoms with van der Waals surface area (Å²) >= 11 is 3.31. The Bertz CT molecular complexity index is 678. The van der Waals surface area contributed by atoms with Gasteiger partial charge in [-0.05, 0) is 40.2 Å². The van der Waals surface area contributed by atoms with Crippen molar-refractivity contribution in [3.63, 3.8) is 0 Å². The van der Waals surface area contributed by atoms with Crippen LogP contribution in [0.3, 0.4) is 0 Å². The summed E-state index contributed by atoms with van der Waals surface area (Å²) in [5.41, 5.74) is 2.77. The highest BCUT2D eigenvalue weighted by atomic mass is 79.9. The second-order valence-electron chi connectivity index (χ2n) is 4.18. The van der Waals surface area contributed by atoms with E-state index in [2.05, 4.69) is 36.4 Å². The van der Waals surface area contributed by atoms with Crippen LogP contribution in [0.2, 0.25) is 0 Å². The van der Waals surface area contributed by atoms with Crippen LogP contribution in [0.25, 0.3) is 5.69 Å². The number of benzene rings is 1. The maximum absolute atomic E-state index is 4.43.